The van der Waals surface area contributed by atoms with Crippen molar-refractivity contribution in [1.82, 2.24) is 0 Å². The Bertz CT molecular complexity index is 233. The molecule has 1 aromatic rings. The van der Waals surface area contributed by atoms with Crippen molar-refractivity contribution in [2.45, 2.75) is 13.2 Å². The lowest BCUT2D eigenvalue weighted by molar-refractivity contribution is -0.0979. The van der Waals surface area contributed by atoms with Gasteiger partial charge in [0.1, 0.15) is 0 Å². The number of aliphatic hydroxyl groups excluding tert-OH is 1. The molecule has 3 heteroatoms. The van der Waals surface area contributed by atoms with E-state index in [9.17, 15) is 5.11 Å². The largest absolute Gasteiger partial charge is 0.399 e. The number of hydrogen-bond donors (Lipinski definition) is 2. The molecule has 0 heterocycles. The van der Waals surface area contributed by atoms with Crippen LogP contribution in [0.4, 0.5) is 5.69 Å². The fraction of sp³-hybridized carbons (Fsp3) is 0.333. The monoisotopic (exact) mass is 167 g/mol. The van der Waals surface area contributed by atoms with Gasteiger partial charge in [-0.2, -0.15) is 0 Å². The van der Waals surface area contributed by atoms with Crippen LogP contribution in [-0.4, -0.2) is 11.7 Å². The Morgan fingerprint density at radius 3 is 2.50 bits per heavy atom. The zero-order valence-corrected chi connectivity index (χ0v) is 7.03. The molecule has 0 aliphatic carbocycles. The van der Waals surface area contributed by atoms with Gasteiger partial charge >= 0.3 is 0 Å². The minimum absolute atomic E-state index is 0.492. The van der Waals surface area contributed by atoms with Crippen molar-refractivity contribution in [2.75, 3.05) is 12.3 Å². The lowest BCUT2D eigenvalue weighted by Gasteiger charge is -2.10. The molecule has 3 N–H and O–H groups in total. The normalized spacial score (nSPS) is 12.8. The van der Waals surface area contributed by atoms with Gasteiger partial charge in [0.15, 0.2) is 6.29 Å². The second kappa shape index (κ2) is 4.09. The Kier molecular flexibility index (Phi) is 3.08. The summed E-state index contributed by atoms with van der Waals surface area (Å²) in [5, 5.41) is 9.35. The first-order chi connectivity index (χ1) is 5.74. The maximum Gasteiger partial charge on any atom is 0.181 e. The van der Waals surface area contributed by atoms with Crippen LogP contribution < -0.4 is 5.73 Å². The Morgan fingerprint density at radius 2 is 2.00 bits per heavy atom. The number of nitrogen functional groups attached to an aromatic ring is 1. The number of aliphatic hydroxyl groups is 1. The van der Waals surface area contributed by atoms with Crippen LogP contribution in [0.1, 0.15) is 18.8 Å². The number of ether oxygens (including phenoxy) is 1. The highest BCUT2D eigenvalue weighted by molar-refractivity contribution is 5.39. The first-order valence-corrected chi connectivity index (χ1v) is 3.89. The van der Waals surface area contributed by atoms with E-state index in [-0.39, 0.29) is 0 Å². The third-order valence-corrected chi connectivity index (χ3v) is 1.55. The summed E-state index contributed by atoms with van der Waals surface area (Å²) in [6, 6.07) is 6.96. The summed E-state index contributed by atoms with van der Waals surface area (Å²) in [5.41, 5.74) is 6.89. The average molecular weight is 167 g/mol. The van der Waals surface area contributed by atoms with Gasteiger partial charge in [0.05, 0.1) is 0 Å². The maximum absolute atomic E-state index is 9.35. The smallest absolute Gasteiger partial charge is 0.181 e. The van der Waals surface area contributed by atoms with E-state index in [1.807, 2.05) is 6.92 Å². The third-order valence-electron chi connectivity index (χ3n) is 1.55. The predicted octanol–water partition coefficient (Wildman–Crippen LogP) is 1.30. The highest BCUT2D eigenvalue weighted by Gasteiger charge is 2.04. The van der Waals surface area contributed by atoms with Gasteiger partial charge in [0.25, 0.3) is 0 Å². The molecule has 3 nitrogen and oxygen atoms in total. The molecule has 0 amide bonds. The maximum atomic E-state index is 9.35. The van der Waals surface area contributed by atoms with Crippen molar-refractivity contribution in [1.29, 1.82) is 0 Å². The summed E-state index contributed by atoms with van der Waals surface area (Å²) in [6.07, 6.45) is -0.837. The summed E-state index contributed by atoms with van der Waals surface area (Å²) in [6.45, 7) is 2.33. The molecule has 1 unspecified atom stereocenters. The summed E-state index contributed by atoms with van der Waals surface area (Å²) >= 11 is 0. The summed E-state index contributed by atoms with van der Waals surface area (Å²) in [5.74, 6) is 0. The molecule has 0 bridgehead atoms. The van der Waals surface area contributed by atoms with Gasteiger partial charge < -0.3 is 15.6 Å². The van der Waals surface area contributed by atoms with E-state index >= 15 is 0 Å². The van der Waals surface area contributed by atoms with Crippen molar-refractivity contribution in [3.63, 3.8) is 0 Å². The molecule has 66 valence electrons. The van der Waals surface area contributed by atoms with Gasteiger partial charge in [-0.25, -0.2) is 0 Å². The van der Waals surface area contributed by atoms with Gasteiger partial charge in [-0.15, -0.1) is 0 Å². The fourth-order valence-corrected chi connectivity index (χ4v) is 0.915. The van der Waals surface area contributed by atoms with E-state index in [1.54, 1.807) is 24.3 Å². The van der Waals surface area contributed by atoms with Crippen molar-refractivity contribution in [3.8, 4) is 0 Å². The van der Waals surface area contributed by atoms with Crippen molar-refractivity contribution < 1.29 is 9.84 Å². The van der Waals surface area contributed by atoms with E-state index < -0.39 is 6.29 Å². The Morgan fingerprint density at radius 1 is 1.42 bits per heavy atom. The van der Waals surface area contributed by atoms with Crippen molar-refractivity contribution >= 4 is 5.69 Å². The summed E-state index contributed by atoms with van der Waals surface area (Å²) in [4.78, 5) is 0. The van der Waals surface area contributed by atoms with Crippen LogP contribution in [0.25, 0.3) is 0 Å². The van der Waals surface area contributed by atoms with E-state index in [4.69, 9.17) is 10.5 Å². The lowest BCUT2D eigenvalue weighted by Crippen LogP contribution is -2.02. The standard InChI is InChI=1S/C9H13NO2/c1-2-12-9(11)7-3-5-8(10)6-4-7/h3-6,9,11H,2,10H2,1H3. The van der Waals surface area contributed by atoms with E-state index in [0.29, 0.717) is 12.3 Å². The number of rotatable bonds is 3. The van der Waals surface area contributed by atoms with Gasteiger partial charge in [0.2, 0.25) is 0 Å². The number of hydrogen-bond acceptors (Lipinski definition) is 3. The molecule has 0 aliphatic rings. The molecule has 0 aliphatic heterocycles. The molecule has 0 aromatic heterocycles. The van der Waals surface area contributed by atoms with Crippen LogP contribution in [0.5, 0.6) is 0 Å². The summed E-state index contributed by atoms with van der Waals surface area (Å²) < 4.78 is 4.98. The minimum Gasteiger partial charge on any atom is -0.399 e. The molecule has 1 aromatic carbocycles. The van der Waals surface area contributed by atoms with Crippen molar-refractivity contribution in [3.05, 3.63) is 29.8 Å². The average Bonchev–Trinajstić information content (AvgIpc) is 2.06. The Labute approximate surface area is 71.8 Å². The van der Waals surface area contributed by atoms with Gasteiger partial charge in [0, 0.05) is 17.9 Å². The topological polar surface area (TPSA) is 55.5 Å². The zero-order valence-electron chi connectivity index (χ0n) is 7.03. The van der Waals surface area contributed by atoms with Crippen LogP contribution >= 0.6 is 0 Å². The van der Waals surface area contributed by atoms with E-state index in [0.717, 1.165) is 5.56 Å². The molecular weight excluding hydrogens is 154 g/mol. The van der Waals surface area contributed by atoms with Gasteiger partial charge in [-0.05, 0) is 19.1 Å². The molecule has 0 saturated carbocycles. The highest BCUT2D eigenvalue weighted by atomic mass is 16.6. The molecule has 12 heavy (non-hydrogen) atoms. The van der Waals surface area contributed by atoms with Crippen molar-refractivity contribution in [2.24, 2.45) is 0 Å². The quantitative estimate of drug-likeness (QED) is 0.527. The number of benzene rings is 1. The second-order valence-corrected chi connectivity index (χ2v) is 2.47. The molecule has 0 saturated heterocycles. The first kappa shape index (κ1) is 9.03. The van der Waals surface area contributed by atoms with Crippen LogP contribution in [0, 0.1) is 0 Å². The number of anilines is 1. The number of nitrogens with two attached hydrogens (primary N) is 1. The first-order valence-electron chi connectivity index (χ1n) is 3.89. The van der Waals surface area contributed by atoms with E-state index in [2.05, 4.69) is 0 Å². The third kappa shape index (κ3) is 2.22. The van der Waals surface area contributed by atoms with Crippen LogP contribution in [0.3, 0.4) is 0 Å². The molecule has 1 atom stereocenters. The molecule has 0 fully saturated rings. The highest BCUT2D eigenvalue weighted by Crippen LogP contribution is 2.15. The second-order valence-electron chi connectivity index (χ2n) is 2.47. The molecule has 0 spiro atoms. The Balaban J connectivity index is 2.68. The van der Waals surface area contributed by atoms with Crippen LogP contribution in [0.15, 0.2) is 24.3 Å². The minimum atomic E-state index is -0.837. The zero-order chi connectivity index (χ0) is 8.97. The SMILES string of the molecule is CCOC(O)c1ccc(N)cc1. The fourth-order valence-electron chi connectivity index (χ4n) is 0.915. The van der Waals surface area contributed by atoms with Crippen LogP contribution in [0.2, 0.25) is 0 Å². The predicted molar refractivity (Wildman–Crippen MR) is 47.4 cm³/mol. The van der Waals surface area contributed by atoms with Gasteiger partial charge in [-0.1, -0.05) is 12.1 Å². The lowest BCUT2D eigenvalue weighted by atomic mass is 10.2. The summed E-state index contributed by atoms with van der Waals surface area (Å²) in [7, 11) is 0. The molecule has 1 rings (SSSR count). The molecule has 0 radical (unpaired) electrons. The van der Waals surface area contributed by atoms with E-state index in [1.165, 1.54) is 0 Å². The Hall–Kier alpha value is -1.06. The molecular formula is C9H13NO2. The van der Waals surface area contributed by atoms with Crippen LogP contribution in [-0.2, 0) is 4.74 Å². The van der Waals surface area contributed by atoms with Gasteiger partial charge in [-0.3, -0.25) is 0 Å².